The van der Waals surface area contributed by atoms with Gasteiger partial charge < -0.3 is 30.6 Å². The highest BCUT2D eigenvalue weighted by atomic mass is 16.4. The van der Waals surface area contributed by atoms with Gasteiger partial charge in [-0.25, -0.2) is 0 Å². The Labute approximate surface area is 189 Å². The molecular weight excluding hydrogens is 398 g/mol. The summed E-state index contributed by atoms with van der Waals surface area (Å²) in [4.78, 5) is 0. The van der Waals surface area contributed by atoms with Gasteiger partial charge in [-0.1, -0.05) is 103 Å². The SMILES string of the molecule is CCCCCCCCCCCCCCCCCCNC(O)[C@H](O)[C@@H](O)[C@H](O)[C@H](O)CO. The van der Waals surface area contributed by atoms with Crippen LogP contribution in [0.4, 0.5) is 0 Å². The lowest BCUT2D eigenvalue weighted by molar-refractivity contribution is -0.145. The summed E-state index contributed by atoms with van der Waals surface area (Å²) in [5.41, 5.74) is 0. The first-order valence-electron chi connectivity index (χ1n) is 12.7. The van der Waals surface area contributed by atoms with Gasteiger partial charge in [0.25, 0.3) is 0 Å². The molecule has 0 spiro atoms. The lowest BCUT2D eigenvalue weighted by atomic mass is 10.0. The van der Waals surface area contributed by atoms with Gasteiger partial charge in [0, 0.05) is 0 Å². The first kappa shape index (κ1) is 30.7. The molecule has 0 aliphatic carbocycles. The summed E-state index contributed by atoms with van der Waals surface area (Å²) in [5, 5.41) is 59.7. The first-order chi connectivity index (χ1) is 15.0. The van der Waals surface area contributed by atoms with Crippen molar-refractivity contribution < 1.29 is 30.6 Å². The van der Waals surface area contributed by atoms with Crippen molar-refractivity contribution in [3.63, 3.8) is 0 Å². The van der Waals surface area contributed by atoms with Gasteiger partial charge in [-0.15, -0.1) is 0 Å². The number of aliphatic hydroxyl groups is 6. The zero-order valence-corrected chi connectivity index (χ0v) is 19.8. The number of rotatable bonds is 23. The highest BCUT2D eigenvalue weighted by Crippen LogP contribution is 2.14. The molecule has 0 aliphatic rings. The van der Waals surface area contributed by atoms with Crippen molar-refractivity contribution >= 4 is 0 Å². The molecule has 0 bridgehead atoms. The molecule has 0 radical (unpaired) electrons. The molecule has 5 atom stereocenters. The number of unbranched alkanes of at least 4 members (excludes halogenated alkanes) is 15. The van der Waals surface area contributed by atoms with E-state index in [0.29, 0.717) is 6.54 Å². The number of aliphatic hydroxyl groups excluding tert-OH is 6. The van der Waals surface area contributed by atoms with Crippen molar-refractivity contribution in [1.82, 2.24) is 5.32 Å². The molecule has 0 aromatic heterocycles. The van der Waals surface area contributed by atoms with E-state index in [1.807, 2.05) is 0 Å². The first-order valence-corrected chi connectivity index (χ1v) is 12.7. The Kier molecular flexibility index (Phi) is 21.4. The Morgan fingerprint density at radius 2 is 0.903 bits per heavy atom. The minimum Gasteiger partial charge on any atom is -0.394 e. The second kappa shape index (κ2) is 21.6. The normalized spacial score (nSPS) is 16.7. The van der Waals surface area contributed by atoms with Crippen LogP contribution in [-0.4, -0.2) is 74.4 Å². The third-order valence-electron chi connectivity index (χ3n) is 5.99. The summed E-state index contributed by atoms with van der Waals surface area (Å²) in [6.07, 6.45) is 12.4. The van der Waals surface area contributed by atoms with Crippen LogP contribution in [0.25, 0.3) is 0 Å². The summed E-state index contributed by atoms with van der Waals surface area (Å²) in [7, 11) is 0. The largest absolute Gasteiger partial charge is 0.394 e. The summed E-state index contributed by atoms with van der Waals surface area (Å²) in [6, 6.07) is 0. The van der Waals surface area contributed by atoms with Gasteiger partial charge >= 0.3 is 0 Å². The van der Waals surface area contributed by atoms with Crippen LogP contribution < -0.4 is 5.32 Å². The molecule has 0 rings (SSSR count). The Morgan fingerprint density at radius 3 is 1.29 bits per heavy atom. The van der Waals surface area contributed by atoms with E-state index in [9.17, 15) is 25.5 Å². The van der Waals surface area contributed by atoms with Crippen molar-refractivity contribution in [2.75, 3.05) is 13.2 Å². The van der Waals surface area contributed by atoms with Gasteiger partial charge in [-0.05, 0) is 13.0 Å². The second-order valence-electron chi connectivity index (χ2n) is 8.92. The van der Waals surface area contributed by atoms with Gasteiger partial charge in [-0.2, -0.15) is 0 Å². The lowest BCUT2D eigenvalue weighted by Crippen LogP contribution is -2.53. The molecule has 31 heavy (non-hydrogen) atoms. The van der Waals surface area contributed by atoms with Crippen LogP contribution in [0.3, 0.4) is 0 Å². The molecule has 0 heterocycles. The van der Waals surface area contributed by atoms with Gasteiger partial charge in [-0.3, -0.25) is 5.32 Å². The molecule has 0 aliphatic heterocycles. The zero-order valence-electron chi connectivity index (χ0n) is 19.8. The Morgan fingerprint density at radius 1 is 0.516 bits per heavy atom. The molecule has 0 saturated heterocycles. The zero-order chi connectivity index (χ0) is 23.3. The van der Waals surface area contributed by atoms with Gasteiger partial charge in [0.15, 0.2) is 0 Å². The maximum atomic E-state index is 9.84. The fourth-order valence-corrected chi connectivity index (χ4v) is 3.77. The van der Waals surface area contributed by atoms with E-state index < -0.39 is 37.3 Å². The predicted octanol–water partition coefficient (Wildman–Crippen LogP) is 2.59. The van der Waals surface area contributed by atoms with Crippen LogP contribution >= 0.6 is 0 Å². The fraction of sp³-hybridized carbons (Fsp3) is 1.00. The van der Waals surface area contributed by atoms with E-state index in [2.05, 4.69) is 12.2 Å². The Bertz CT molecular complexity index is 374. The van der Waals surface area contributed by atoms with Crippen LogP contribution in [0.2, 0.25) is 0 Å². The Hall–Kier alpha value is -0.280. The molecule has 7 N–H and O–H groups in total. The third-order valence-corrected chi connectivity index (χ3v) is 5.99. The van der Waals surface area contributed by atoms with Gasteiger partial charge in [0.2, 0.25) is 0 Å². The van der Waals surface area contributed by atoms with Crippen molar-refractivity contribution in [2.24, 2.45) is 0 Å². The van der Waals surface area contributed by atoms with Gasteiger partial charge in [0.1, 0.15) is 30.6 Å². The Balaban J connectivity index is 3.44. The van der Waals surface area contributed by atoms with E-state index in [1.54, 1.807) is 0 Å². The molecule has 0 fully saturated rings. The molecule has 0 aromatic rings. The predicted molar refractivity (Wildman–Crippen MR) is 125 cm³/mol. The molecule has 0 amide bonds. The molecular formula is C24H51NO6. The van der Waals surface area contributed by atoms with Crippen molar-refractivity contribution in [1.29, 1.82) is 0 Å². The number of hydrogen-bond donors (Lipinski definition) is 7. The van der Waals surface area contributed by atoms with Crippen LogP contribution in [-0.2, 0) is 0 Å². The summed E-state index contributed by atoms with van der Waals surface area (Å²) in [6.45, 7) is 2.00. The maximum Gasteiger partial charge on any atom is 0.133 e. The standard InChI is InChI=1S/C24H51NO6/c1-2-3-4-5-6-7-8-9-10-11-12-13-14-15-16-17-18-25-24(31)23(30)22(29)21(28)20(27)19-26/h20-31H,2-19H2,1H3/t20-,21-,22+,23-,24?/m1/s1. The lowest BCUT2D eigenvalue weighted by Gasteiger charge is -2.28. The summed E-state index contributed by atoms with van der Waals surface area (Å²) >= 11 is 0. The van der Waals surface area contributed by atoms with E-state index in [-0.39, 0.29) is 0 Å². The third kappa shape index (κ3) is 16.9. The maximum absolute atomic E-state index is 9.84. The molecule has 1 unspecified atom stereocenters. The quantitative estimate of drug-likeness (QED) is 0.0942. The molecule has 188 valence electrons. The van der Waals surface area contributed by atoms with Crippen molar-refractivity contribution in [2.45, 2.75) is 140 Å². The van der Waals surface area contributed by atoms with E-state index in [4.69, 9.17) is 5.11 Å². The highest BCUT2D eigenvalue weighted by molar-refractivity contribution is 4.83. The molecule has 7 nitrogen and oxygen atoms in total. The molecule has 7 heteroatoms. The van der Waals surface area contributed by atoms with Crippen LogP contribution in [0, 0.1) is 0 Å². The number of hydrogen-bond acceptors (Lipinski definition) is 7. The number of nitrogens with one attached hydrogen (secondary N) is 1. The fourth-order valence-electron chi connectivity index (χ4n) is 3.77. The minimum absolute atomic E-state index is 0.488. The average Bonchev–Trinajstić information content (AvgIpc) is 2.78. The second-order valence-corrected chi connectivity index (χ2v) is 8.92. The van der Waals surface area contributed by atoms with Crippen molar-refractivity contribution in [3.8, 4) is 0 Å². The van der Waals surface area contributed by atoms with Crippen LogP contribution in [0.15, 0.2) is 0 Å². The highest BCUT2D eigenvalue weighted by Gasteiger charge is 2.33. The summed E-state index contributed by atoms with van der Waals surface area (Å²) in [5.74, 6) is 0. The van der Waals surface area contributed by atoms with E-state index >= 15 is 0 Å². The van der Waals surface area contributed by atoms with Gasteiger partial charge in [0.05, 0.1) is 6.61 Å². The monoisotopic (exact) mass is 449 g/mol. The summed E-state index contributed by atoms with van der Waals surface area (Å²) < 4.78 is 0. The smallest absolute Gasteiger partial charge is 0.133 e. The van der Waals surface area contributed by atoms with Crippen molar-refractivity contribution in [3.05, 3.63) is 0 Å². The average molecular weight is 450 g/mol. The van der Waals surface area contributed by atoms with E-state index in [1.165, 1.54) is 83.5 Å². The minimum atomic E-state index is -1.75. The van der Waals surface area contributed by atoms with Crippen LogP contribution in [0.5, 0.6) is 0 Å². The van der Waals surface area contributed by atoms with E-state index in [0.717, 1.165) is 19.3 Å². The molecule has 0 aromatic carbocycles. The topological polar surface area (TPSA) is 133 Å². The molecule has 0 saturated carbocycles. The van der Waals surface area contributed by atoms with Crippen LogP contribution in [0.1, 0.15) is 110 Å².